The van der Waals surface area contributed by atoms with Crippen LogP contribution in [0.15, 0.2) is 97.1 Å². The van der Waals surface area contributed by atoms with Crippen LogP contribution in [0.5, 0.6) is 0 Å². The van der Waals surface area contributed by atoms with E-state index in [-0.39, 0.29) is 18.3 Å². The molecule has 0 bridgehead atoms. The molecule has 3 heterocycles. The molecule has 4 aromatic carbocycles. The molecule has 7 rings (SSSR count). The predicted octanol–water partition coefficient (Wildman–Crippen LogP) is 7.54. The van der Waals surface area contributed by atoms with Gasteiger partial charge in [0.25, 0.3) is 0 Å². The highest BCUT2D eigenvalue weighted by Crippen LogP contribution is 2.39. The number of hydrogen-bond donors (Lipinski definition) is 0. The predicted molar refractivity (Wildman–Crippen MR) is 165 cm³/mol. The molecule has 0 amide bonds. The molecule has 5 nitrogen and oxygen atoms in total. The number of fused-ring (bicyclic) bond motifs is 3. The molecular formula is C33H28BN3O2S. The monoisotopic (exact) mass is 541 g/mol. The standard InChI is InChI=1S/C33H28BN3O2S/c1-32(2)33(3,4)39-34(38-32)24-16-18-27-26(20-24)25-17-15-23(19-28(25)40-27)31-36-29(21-11-7-5-8-12-21)35-30(37-31)22-13-9-6-10-14-22/h5-20H,1-4H3. The Hall–Kier alpha value is -3.91. The first-order valence-electron chi connectivity index (χ1n) is 13.5. The average Bonchev–Trinajstić information content (AvgIpc) is 3.45. The Bertz CT molecular complexity index is 1800. The fourth-order valence-electron chi connectivity index (χ4n) is 5.00. The van der Waals surface area contributed by atoms with Crippen molar-refractivity contribution in [2.45, 2.75) is 38.9 Å². The van der Waals surface area contributed by atoms with Gasteiger partial charge in [0.05, 0.1) is 11.2 Å². The summed E-state index contributed by atoms with van der Waals surface area (Å²) in [4.78, 5) is 14.6. The van der Waals surface area contributed by atoms with Gasteiger partial charge in [-0.2, -0.15) is 0 Å². The molecule has 1 aliphatic rings. The van der Waals surface area contributed by atoms with Gasteiger partial charge in [0, 0.05) is 31.5 Å². The average molecular weight is 541 g/mol. The summed E-state index contributed by atoms with van der Waals surface area (Å²) in [7, 11) is -0.387. The fraction of sp³-hybridized carbons (Fsp3) is 0.182. The minimum absolute atomic E-state index is 0.375. The lowest BCUT2D eigenvalue weighted by Crippen LogP contribution is -2.41. The number of nitrogens with zero attached hydrogens (tertiary/aromatic N) is 3. The second kappa shape index (κ2) is 9.34. The zero-order valence-corrected chi connectivity index (χ0v) is 23.7. The molecule has 6 aromatic rings. The fourth-order valence-corrected chi connectivity index (χ4v) is 6.12. The van der Waals surface area contributed by atoms with Crippen molar-refractivity contribution in [2.24, 2.45) is 0 Å². The summed E-state index contributed by atoms with van der Waals surface area (Å²) in [5.41, 5.74) is 3.16. The molecule has 0 N–H and O–H groups in total. The van der Waals surface area contributed by atoms with Gasteiger partial charge in [-0.25, -0.2) is 15.0 Å². The van der Waals surface area contributed by atoms with E-state index in [1.807, 2.05) is 60.7 Å². The van der Waals surface area contributed by atoms with Gasteiger partial charge in [-0.15, -0.1) is 11.3 Å². The molecule has 0 unspecified atom stereocenters. The van der Waals surface area contributed by atoms with Crippen molar-refractivity contribution in [3.8, 4) is 34.2 Å². The molecule has 40 heavy (non-hydrogen) atoms. The number of rotatable bonds is 4. The number of thiophene rings is 1. The van der Waals surface area contributed by atoms with E-state index in [0.29, 0.717) is 17.5 Å². The highest BCUT2D eigenvalue weighted by atomic mass is 32.1. The van der Waals surface area contributed by atoms with Crippen LogP contribution < -0.4 is 5.46 Å². The van der Waals surface area contributed by atoms with Gasteiger partial charge < -0.3 is 9.31 Å². The third-order valence-corrected chi connectivity index (χ3v) is 9.11. The van der Waals surface area contributed by atoms with E-state index < -0.39 is 0 Å². The van der Waals surface area contributed by atoms with Crippen LogP contribution in [0.1, 0.15) is 27.7 Å². The van der Waals surface area contributed by atoms with Gasteiger partial charge in [-0.05, 0) is 50.7 Å². The highest BCUT2D eigenvalue weighted by molar-refractivity contribution is 7.25. The Balaban J connectivity index is 1.31. The molecule has 1 aliphatic heterocycles. The largest absolute Gasteiger partial charge is 0.494 e. The van der Waals surface area contributed by atoms with Crippen molar-refractivity contribution in [3.05, 3.63) is 97.1 Å². The first-order chi connectivity index (χ1) is 19.3. The van der Waals surface area contributed by atoms with E-state index in [0.717, 1.165) is 22.2 Å². The molecule has 0 saturated carbocycles. The third kappa shape index (κ3) is 4.31. The van der Waals surface area contributed by atoms with Crippen molar-refractivity contribution >= 4 is 44.1 Å². The molecule has 1 fully saturated rings. The molecule has 2 aromatic heterocycles. The number of hydrogen-bond acceptors (Lipinski definition) is 6. The highest BCUT2D eigenvalue weighted by Gasteiger charge is 2.51. The second-order valence-electron chi connectivity index (χ2n) is 11.2. The summed E-state index contributed by atoms with van der Waals surface area (Å²) in [6.45, 7) is 8.34. The van der Waals surface area contributed by atoms with Gasteiger partial charge in [-0.3, -0.25) is 0 Å². The van der Waals surface area contributed by atoms with Crippen LogP contribution in [-0.4, -0.2) is 33.3 Å². The lowest BCUT2D eigenvalue weighted by atomic mass is 9.78. The van der Waals surface area contributed by atoms with Crippen LogP contribution in [0.4, 0.5) is 0 Å². The maximum absolute atomic E-state index is 6.32. The Kier molecular flexibility index (Phi) is 5.86. The summed E-state index contributed by atoms with van der Waals surface area (Å²) in [5, 5.41) is 2.40. The summed E-state index contributed by atoms with van der Waals surface area (Å²) in [5.74, 6) is 1.98. The van der Waals surface area contributed by atoms with Gasteiger partial charge in [0.15, 0.2) is 17.5 Å². The Morgan fingerprint density at radius 2 is 1.10 bits per heavy atom. The lowest BCUT2D eigenvalue weighted by molar-refractivity contribution is 0.00578. The molecule has 0 spiro atoms. The van der Waals surface area contributed by atoms with E-state index in [1.54, 1.807) is 11.3 Å². The zero-order chi connectivity index (χ0) is 27.5. The zero-order valence-electron chi connectivity index (χ0n) is 22.9. The molecule has 0 aliphatic carbocycles. The Labute approximate surface area is 238 Å². The van der Waals surface area contributed by atoms with Crippen LogP contribution in [-0.2, 0) is 9.31 Å². The molecule has 1 saturated heterocycles. The van der Waals surface area contributed by atoms with Gasteiger partial charge >= 0.3 is 7.12 Å². The molecular weight excluding hydrogens is 513 g/mol. The summed E-state index contributed by atoms with van der Waals surface area (Å²) >= 11 is 1.77. The lowest BCUT2D eigenvalue weighted by Gasteiger charge is -2.32. The van der Waals surface area contributed by atoms with Crippen LogP contribution in [0.3, 0.4) is 0 Å². The van der Waals surface area contributed by atoms with Crippen LogP contribution in [0.2, 0.25) is 0 Å². The second-order valence-corrected chi connectivity index (χ2v) is 12.3. The van der Waals surface area contributed by atoms with Crippen LogP contribution >= 0.6 is 11.3 Å². The minimum Gasteiger partial charge on any atom is -0.399 e. The minimum atomic E-state index is -0.387. The van der Waals surface area contributed by atoms with Crippen molar-refractivity contribution < 1.29 is 9.31 Å². The van der Waals surface area contributed by atoms with Crippen molar-refractivity contribution in [1.82, 2.24) is 15.0 Å². The first kappa shape index (κ1) is 25.1. The van der Waals surface area contributed by atoms with Crippen LogP contribution in [0, 0.1) is 0 Å². The smallest absolute Gasteiger partial charge is 0.399 e. The van der Waals surface area contributed by atoms with Crippen LogP contribution in [0.25, 0.3) is 54.3 Å². The SMILES string of the molecule is CC1(C)OB(c2ccc3sc4cc(-c5nc(-c6ccccc6)nc(-c6ccccc6)n5)ccc4c3c2)OC1(C)C. The maximum atomic E-state index is 6.32. The van der Waals surface area contributed by atoms with E-state index in [2.05, 4.69) is 64.1 Å². The van der Waals surface area contributed by atoms with E-state index in [1.165, 1.54) is 20.2 Å². The number of benzene rings is 4. The van der Waals surface area contributed by atoms with Crippen molar-refractivity contribution in [3.63, 3.8) is 0 Å². The Morgan fingerprint density at radius 1 is 0.550 bits per heavy atom. The van der Waals surface area contributed by atoms with Gasteiger partial charge in [0.1, 0.15) is 0 Å². The quantitative estimate of drug-likeness (QED) is 0.216. The van der Waals surface area contributed by atoms with Gasteiger partial charge in [-0.1, -0.05) is 84.9 Å². The molecule has 7 heteroatoms. The van der Waals surface area contributed by atoms with E-state index in [4.69, 9.17) is 24.3 Å². The van der Waals surface area contributed by atoms with E-state index in [9.17, 15) is 0 Å². The van der Waals surface area contributed by atoms with E-state index >= 15 is 0 Å². The normalized spacial score (nSPS) is 16.1. The van der Waals surface area contributed by atoms with Gasteiger partial charge in [0.2, 0.25) is 0 Å². The molecule has 0 atom stereocenters. The third-order valence-electron chi connectivity index (χ3n) is 7.98. The number of aromatic nitrogens is 3. The summed E-state index contributed by atoms with van der Waals surface area (Å²) in [6.07, 6.45) is 0. The van der Waals surface area contributed by atoms with Crippen molar-refractivity contribution in [1.29, 1.82) is 0 Å². The summed E-state index contributed by atoms with van der Waals surface area (Å²) in [6, 6.07) is 33.1. The van der Waals surface area contributed by atoms with Crippen molar-refractivity contribution in [2.75, 3.05) is 0 Å². The molecule has 0 radical (unpaired) electrons. The Morgan fingerprint density at radius 3 is 1.68 bits per heavy atom. The topological polar surface area (TPSA) is 57.1 Å². The summed E-state index contributed by atoms with van der Waals surface area (Å²) < 4.78 is 15.0. The first-order valence-corrected chi connectivity index (χ1v) is 14.3. The maximum Gasteiger partial charge on any atom is 0.494 e. The molecule has 196 valence electrons.